The van der Waals surface area contributed by atoms with Crippen molar-refractivity contribution in [1.29, 1.82) is 0 Å². The molecule has 1 aliphatic rings. The first-order chi connectivity index (χ1) is 2.89. The van der Waals surface area contributed by atoms with E-state index in [0.717, 1.165) is 0 Å². The average molecular weight is 170 g/mol. The quantitative estimate of drug-likeness (QED) is 0.517. The second-order valence-corrected chi connectivity index (χ2v) is 1.43. The van der Waals surface area contributed by atoms with Gasteiger partial charge in [-0.1, -0.05) is 24.3 Å². The van der Waals surface area contributed by atoms with Gasteiger partial charge >= 0.3 is 0 Å². The molecule has 0 spiro atoms. The van der Waals surface area contributed by atoms with E-state index in [1.807, 2.05) is 12.2 Å². The summed E-state index contributed by atoms with van der Waals surface area (Å²) in [5, 5.41) is 0. The maximum Gasteiger partial charge on any atom is 0 e. The Kier molecular flexibility index (Phi) is 3.55. The summed E-state index contributed by atoms with van der Waals surface area (Å²) in [5.74, 6) is 0.435. The topological polar surface area (TPSA) is 0 Å². The molecule has 0 aromatic rings. The van der Waals surface area contributed by atoms with Crippen molar-refractivity contribution in [2.45, 2.75) is 0 Å². The Morgan fingerprint density at radius 3 is 1.71 bits per heavy atom. The minimum absolute atomic E-state index is 0. The van der Waals surface area contributed by atoms with Crippen LogP contribution >= 0.6 is 0 Å². The molecular formula is C6H7Zr. The molecule has 0 aliphatic heterocycles. The fraction of sp³-hybridized carbons (Fsp3) is 0.167. The van der Waals surface area contributed by atoms with E-state index in [9.17, 15) is 0 Å². The molecule has 7 heavy (non-hydrogen) atoms. The predicted molar refractivity (Wildman–Crippen MR) is 27.1 cm³/mol. The summed E-state index contributed by atoms with van der Waals surface area (Å²) < 4.78 is 0. The Bertz CT molecular complexity index is 80.4. The van der Waals surface area contributed by atoms with Crippen molar-refractivity contribution < 1.29 is 26.2 Å². The van der Waals surface area contributed by atoms with Gasteiger partial charge in [0.15, 0.2) is 0 Å². The standard InChI is InChI=1S/C6H7.Zr/c1-6-4-2-3-5-6;/h2-6H,1H2;. The first-order valence-corrected chi connectivity index (χ1v) is 2.07. The minimum Gasteiger partial charge on any atom is -0.0776 e. The van der Waals surface area contributed by atoms with Crippen LogP contribution in [0.3, 0.4) is 0 Å². The molecule has 0 atom stereocenters. The third-order valence-corrected chi connectivity index (χ3v) is 0.828. The van der Waals surface area contributed by atoms with Crippen molar-refractivity contribution in [1.82, 2.24) is 0 Å². The van der Waals surface area contributed by atoms with Crippen LogP contribution in [0, 0.1) is 12.8 Å². The second-order valence-electron chi connectivity index (χ2n) is 1.43. The normalized spacial score (nSPS) is 17.3. The third kappa shape index (κ3) is 2.23. The fourth-order valence-corrected chi connectivity index (χ4v) is 0.478. The molecule has 0 unspecified atom stereocenters. The summed E-state index contributed by atoms with van der Waals surface area (Å²) in [7, 11) is 0. The van der Waals surface area contributed by atoms with Crippen molar-refractivity contribution in [3.63, 3.8) is 0 Å². The Labute approximate surface area is 63.4 Å². The van der Waals surface area contributed by atoms with Crippen molar-refractivity contribution >= 4 is 0 Å². The van der Waals surface area contributed by atoms with Crippen molar-refractivity contribution in [2.75, 3.05) is 0 Å². The molecule has 35 valence electrons. The molecule has 0 aromatic heterocycles. The molecule has 0 bridgehead atoms. The average Bonchev–Trinajstić information content (AvgIpc) is 1.86. The summed E-state index contributed by atoms with van der Waals surface area (Å²) >= 11 is 0. The number of allylic oxidation sites excluding steroid dienone is 4. The minimum atomic E-state index is 0. The van der Waals surface area contributed by atoms with Crippen LogP contribution in [0.1, 0.15) is 0 Å². The smallest absolute Gasteiger partial charge is 0 e. The van der Waals surface area contributed by atoms with E-state index in [1.54, 1.807) is 0 Å². The van der Waals surface area contributed by atoms with Crippen LogP contribution in [-0.4, -0.2) is 0 Å². The number of hydrogen-bond donors (Lipinski definition) is 0. The van der Waals surface area contributed by atoms with Crippen LogP contribution in [0.5, 0.6) is 0 Å². The summed E-state index contributed by atoms with van der Waals surface area (Å²) in [6.07, 6.45) is 8.13. The molecule has 0 N–H and O–H groups in total. The van der Waals surface area contributed by atoms with Gasteiger partial charge < -0.3 is 0 Å². The van der Waals surface area contributed by atoms with Crippen LogP contribution in [0.15, 0.2) is 24.3 Å². The summed E-state index contributed by atoms with van der Waals surface area (Å²) in [4.78, 5) is 0. The van der Waals surface area contributed by atoms with Crippen molar-refractivity contribution in [3.05, 3.63) is 31.2 Å². The third-order valence-electron chi connectivity index (χ3n) is 0.828. The van der Waals surface area contributed by atoms with Gasteiger partial charge in [-0.2, -0.15) is 0 Å². The van der Waals surface area contributed by atoms with E-state index in [4.69, 9.17) is 0 Å². The molecule has 0 nitrogen and oxygen atoms in total. The zero-order valence-electron chi connectivity index (χ0n) is 4.09. The van der Waals surface area contributed by atoms with Gasteiger partial charge in [0.05, 0.1) is 0 Å². The van der Waals surface area contributed by atoms with E-state index in [-0.39, 0.29) is 26.2 Å². The SMILES string of the molecule is [CH2]C1C=CC=C1.[Zr]. The Morgan fingerprint density at radius 1 is 1.14 bits per heavy atom. The zero-order chi connectivity index (χ0) is 4.41. The monoisotopic (exact) mass is 169 g/mol. The molecule has 1 aliphatic carbocycles. The van der Waals surface area contributed by atoms with Gasteiger partial charge in [-0.05, 0) is 12.8 Å². The van der Waals surface area contributed by atoms with E-state index in [0.29, 0.717) is 5.92 Å². The number of rotatable bonds is 0. The van der Waals surface area contributed by atoms with Gasteiger partial charge in [0, 0.05) is 26.2 Å². The van der Waals surface area contributed by atoms with Crippen LogP contribution in [0.25, 0.3) is 0 Å². The van der Waals surface area contributed by atoms with Crippen LogP contribution in [0.4, 0.5) is 0 Å². The summed E-state index contributed by atoms with van der Waals surface area (Å²) in [6, 6.07) is 0. The van der Waals surface area contributed by atoms with E-state index in [1.165, 1.54) is 0 Å². The van der Waals surface area contributed by atoms with E-state index < -0.39 is 0 Å². The first-order valence-electron chi connectivity index (χ1n) is 2.07. The van der Waals surface area contributed by atoms with E-state index >= 15 is 0 Å². The molecular weight excluding hydrogens is 163 g/mol. The second kappa shape index (κ2) is 3.38. The molecule has 0 aromatic carbocycles. The van der Waals surface area contributed by atoms with Crippen LogP contribution < -0.4 is 0 Å². The largest absolute Gasteiger partial charge is 0.0776 e. The molecule has 0 saturated carbocycles. The van der Waals surface area contributed by atoms with E-state index in [2.05, 4.69) is 19.1 Å². The fourth-order valence-electron chi connectivity index (χ4n) is 0.478. The number of hydrogen-bond acceptors (Lipinski definition) is 0. The Balaban J connectivity index is 0.000000360. The van der Waals surface area contributed by atoms with Gasteiger partial charge in [-0.3, -0.25) is 0 Å². The zero-order valence-corrected chi connectivity index (χ0v) is 6.55. The van der Waals surface area contributed by atoms with Gasteiger partial charge in [0.2, 0.25) is 0 Å². The maximum absolute atomic E-state index is 3.76. The van der Waals surface area contributed by atoms with Crippen molar-refractivity contribution in [2.24, 2.45) is 5.92 Å². The maximum atomic E-state index is 3.76. The summed E-state index contributed by atoms with van der Waals surface area (Å²) in [5.41, 5.74) is 0. The molecule has 0 saturated heterocycles. The van der Waals surface area contributed by atoms with Gasteiger partial charge in [0.25, 0.3) is 0 Å². The van der Waals surface area contributed by atoms with Crippen molar-refractivity contribution in [3.8, 4) is 0 Å². The van der Waals surface area contributed by atoms with Gasteiger partial charge in [0.1, 0.15) is 0 Å². The molecule has 1 heteroatoms. The molecule has 1 radical (unpaired) electrons. The van der Waals surface area contributed by atoms with Gasteiger partial charge in [-0.25, -0.2) is 0 Å². The van der Waals surface area contributed by atoms with Gasteiger partial charge in [-0.15, -0.1) is 0 Å². The first kappa shape index (κ1) is 7.36. The Hall–Kier alpha value is 0.363. The Morgan fingerprint density at radius 2 is 1.57 bits per heavy atom. The van der Waals surface area contributed by atoms with Crippen LogP contribution in [-0.2, 0) is 26.2 Å². The molecule has 0 amide bonds. The summed E-state index contributed by atoms with van der Waals surface area (Å²) in [6.45, 7) is 3.76. The molecule has 0 fully saturated rings. The molecule has 0 heterocycles. The predicted octanol–water partition coefficient (Wildman–Crippen LogP) is 1.56. The van der Waals surface area contributed by atoms with Crippen LogP contribution in [0.2, 0.25) is 0 Å². The molecule has 1 rings (SSSR count).